The number of unbranched alkanes of at least 4 members (excludes halogenated alkanes) is 5. The number of aryl methyl sites for hydroxylation is 2. The number of anilines is 1. The van der Waals surface area contributed by atoms with Crippen molar-refractivity contribution in [2.24, 2.45) is 4.99 Å². The van der Waals surface area contributed by atoms with Crippen molar-refractivity contribution < 1.29 is 13.2 Å². The summed E-state index contributed by atoms with van der Waals surface area (Å²) in [4.78, 5) is 38.3. The van der Waals surface area contributed by atoms with E-state index < -0.39 is 10.0 Å². The van der Waals surface area contributed by atoms with E-state index in [9.17, 15) is 18.0 Å². The van der Waals surface area contributed by atoms with Gasteiger partial charge in [0.2, 0.25) is 5.91 Å². The molecule has 3 aromatic rings. The number of amides is 1. The summed E-state index contributed by atoms with van der Waals surface area (Å²) >= 11 is 2.88. The van der Waals surface area contributed by atoms with Crippen LogP contribution >= 0.6 is 23.1 Å². The third kappa shape index (κ3) is 8.31. The first-order chi connectivity index (χ1) is 21.4. The van der Waals surface area contributed by atoms with Crippen molar-refractivity contribution in [1.29, 1.82) is 0 Å². The average molecular weight is 658 g/mol. The van der Waals surface area contributed by atoms with Gasteiger partial charge in [0.1, 0.15) is 10.7 Å². The number of thioether (sulfide) groups is 1. The van der Waals surface area contributed by atoms with Gasteiger partial charge in [-0.2, -0.15) is 0 Å². The average Bonchev–Trinajstić information content (AvgIpc) is 3.19. The summed E-state index contributed by atoms with van der Waals surface area (Å²) in [5.74, 6) is 0.235. The first-order valence-electron chi connectivity index (χ1n) is 16.0. The number of carbonyl (C=O) groups is 1. The maximum absolute atomic E-state index is 13.8. The molecular formula is C32H43N5O4S3. The number of hydrogen-bond acceptors (Lipinski definition) is 8. The van der Waals surface area contributed by atoms with E-state index in [1.165, 1.54) is 53.6 Å². The van der Waals surface area contributed by atoms with Crippen molar-refractivity contribution in [2.75, 3.05) is 17.6 Å². The number of nitrogens with one attached hydrogen (secondary N) is 2. The Labute approximate surface area is 268 Å². The lowest BCUT2D eigenvalue weighted by molar-refractivity contribution is -0.113. The number of hydrogen-bond donors (Lipinski definition) is 2. The third-order valence-corrected chi connectivity index (χ3v) is 11.7. The lowest BCUT2D eigenvalue weighted by Crippen LogP contribution is -2.30. The third-order valence-electron chi connectivity index (χ3n) is 8.16. The molecule has 2 aliphatic rings. The fourth-order valence-electron chi connectivity index (χ4n) is 5.82. The van der Waals surface area contributed by atoms with Gasteiger partial charge in [-0.1, -0.05) is 63.3 Å². The minimum atomic E-state index is -3.82. The number of nitrogens with zero attached hydrogens (tertiary/aromatic N) is 3. The highest BCUT2D eigenvalue weighted by Gasteiger charge is 2.23. The number of aliphatic imine (C=N–C) groups is 1. The van der Waals surface area contributed by atoms with Crippen molar-refractivity contribution in [3.05, 3.63) is 45.1 Å². The smallest absolute Gasteiger partial charge is 0.263 e. The quantitative estimate of drug-likeness (QED) is 0.120. The lowest BCUT2D eigenvalue weighted by atomic mass is 9.97. The molecule has 2 aromatic heterocycles. The molecular weight excluding hydrogens is 615 g/mol. The molecule has 238 valence electrons. The van der Waals surface area contributed by atoms with E-state index in [1.54, 1.807) is 28.0 Å². The minimum Gasteiger partial charge on any atom is -0.325 e. The van der Waals surface area contributed by atoms with Crippen LogP contribution in [0.15, 0.2) is 44.1 Å². The van der Waals surface area contributed by atoms with Crippen molar-refractivity contribution >= 4 is 60.8 Å². The Bertz CT molecular complexity index is 1660. The molecule has 1 aliphatic carbocycles. The zero-order chi connectivity index (χ0) is 30.9. The molecule has 0 saturated heterocycles. The van der Waals surface area contributed by atoms with Gasteiger partial charge in [0.15, 0.2) is 5.16 Å². The van der Waals surface area contributed by atoms with Crippen LogP contribution < -0.4 is 15.6 Å². The van der Waals surface area contributed by atoms with E-state index >= 15 is 0 Å². The van der Waals surface area contributed by atoms with E-state index in [-0.39, 0.29) is 22.1 Å². The first kappa shape index (κ1) is 32.7. The molecule has 0 radical (unpaired) electrons. The van der Waals surface area contributed by atoms with Crippen molar-refractivity contribution in [3.8, 4) is 0 Å². The second-order valence-electron chi connectivity index (χ2n) is 11.6. The Balaban J connectivity index is 1.28. The van der Waals surface area contributed by atoms with Gasteiger partial charge in [-0.15, -0.1) is 11.3 Å². The van der Waals surface area contributed by atoms with Crippen LogP contribution in [0.25, 0.3) is 10.2 Å². The molecule has 1 amide bonds. The molecule has 0 bridgehead atoms. The maximum atomic E-state index is 13.8. The van der Waals surface area contributed by atoms with Gasteiger partial charge < -0.3 is 5.32 Å². The number of aromatic nitrogens is 2. The molecule has 1 aromatic carbocycles. The summed E-state index contributed by atoms with van der Waals surface area (Å²) < 4.78 is 30.4. The van der Waals surface area contributed by atoms with Crippen LogP contribution in [0, 0.1) is 0 Å². The van der Waals surface area contributed by atoms with Crippen LogP contribution in [-0.4, -0.2) is 42.0 Å². The highest BCUT2D eigenvalue weighted by Crippen LogP contribution is 2.35. The van der Waals surface area contributed by atoms with E-state index in [2.05, 4.69) is 22.0 Å². The number of rotatable bonds is 13. The number of benzene rings is 1. The summed E-state index contributed by atoms with van der Waals surface area (Å²) in [6, 6.07) is 6.24. The molecule has 1 aliphatic heterocycles. The zero-order valence-electron chi connectivity index (χ0n) is 25.5. The molecule has 0 saturated carbocycles. The van der Waals surface area contributed by atoms with Crippen molar-refractivity contribution in [2.45, 2.75) is 113 Å². The van der Waals surface area contributed by atoms with Gasteiger partial charge >= 0.3 is 0 Å². The van der Waals surface area contributed by atoms with Crippen molar-refractivity contribution in [3.63, 3.8) is 0 Å². The zero-order valence-corrected chi connectivity index (χ0v) is 28.0. The monoisotopic (exact) mass is 657 g/mol. The Morgan fingerprint density at radius 1 is 1.02 bits per heavy atom. The van der Waals surface area contributed by atoms with Gasteiger partial charge in [-0.25, -0.2) is 13.4 Å². The summed E-state index contributed by atoms with van der Waals surface area (Å²) in [5, 5.41) is 4.16. The number of fused-ring (bicyclic) bond motifs is 3. The highest BCUT2D eigenvalue weighted by molar-refractivity contribution is 7.99. The molecule has 0 spiro atoms. The fourth-order valence-corrected chi connectivity index (χ4v) is 9.08. The Morgan fingerprint density at radius 3 is 2.68 bits per heavy atom. The minimum absolute atomic E-state index is 0.00884. The summed E-state index contributed by atoms with van der Waals surface area (Å²) in [6.45, 7) is 3.40. The summed E-state index contributed by atoms with van der Waals surface area (Å²) in [5.41, 5.74) is 1.57. The molecule has 0 unspecified atom stereocenters. The number of sulfonamides is 1. The topological polar surface area (TPSA) is 123 Å². The molecule has 0 fully saturated rings. The summed E-state index contributed by atoms with van der Waals surface area (Å²) in [6.07, 6.45) is 14.4. The fraction of sp³-hybridized carbons (Fsp3) is 0.562. The van der Waals surface area contributed by atoms with Crippen LogP contribution in [0.4, 0.5) is 5.69 Å². The van der Waals surface area contributed by atoms with Crippen molar-refractivity contribution in [1.82, 2.24) is 14.3 Å². The lowest BCUT2D eigenvalue weighted by Gasteiger charge is -2.14. The van der Waals surface area contributed by atoms with Gasteiger partial charge in [-0.3, -0.25) is 23.9 Å². The van der Waals surface area contributed by atoms with Crippen LogP contribution in [-0.2, 0) is 34.2 Å². The summed E-state index contributed by atoms with van der Waals surface area (Å²) in [7, 11) is -3.82. The van der Waals surface area contributed by atoms with E-state index in [0.29, 0.717) is 36.2 Å². The number of thiophene rings is 1. The maximum Gasteiger partial charge on any atom is 0.263 e. The molecule has 0 atom stereocenters. The van der Waals surface area contributed by atoms with E-state index in [4.69, 9.17) is 4.98 Å². The number of carbonyl (C=O) groups excluding carboxylic acids is 1. The van der Waals surface area contributed by atoms with Crippen LogP contribution in [0.5, 0.6) is 0 Å². The predicted octanol–water partition coefficient (Wildman–Crippen LogP) is 6.68. The molecule has 9 nitrogen and oxygen atoms in total. The second-order valence-corrected chi connectivity index (χ2v) is 15.3. The molecule has 3 heterocycles. The van der Waals surface area contributed by atoms with E-state index in [0.717, 1.165) is 74.4 Å². The van der Waals surface area contributed by atoms with Gasteiger partial charge in [0, 0.05) is 30.1 Å². The molecule has 44 heavy (non-hydrogen) atoms. The van der Waals surface area contributed by atoms with Gasteiger partial charge in [0.05, 0.1) is 16.0 Å². The van der Waals surface area contributed by atoms with Crippen LogP contribution in [0.2, 0.25) is 0 Å². The van der Waals surface area contributed by atoms with Crippen LogP contribution in [0.1, 0.15) is 94.4 Å². The standard InChI is InChI=1S/C32H43N5O4S3/c1-2-3-4-5-6-12-20-37-31(39)29-25-16-9-10-17-26(25)43-30(29)35-32(37)42-22-28(38)34-23-14-13-15-24(21-23)44(40,41)36-27-18-8-7-11-19-33-27/h13-15,21H,2-12,16-20,22H2,1H3,(H,33,36)(H,34,38). The largest absolute Gasteiger partial charge is 0.325 e. The molecule has 12 heteroatoms. The number of amidine groups is 1. The molecule has 5 rings (SSSR count). The first-order valence-corrected chi connectivity index (χ1v) is 19.3. The Hall–Kier alpha value is -2.70. The Morgan fingerprint density at radius 2 is 1.82 bits per heavy atom. The Kier molecular flexibility index (Phi) is 11.5. The predicted molar refractivity (Wildman–Crippen MR) is 181 cm³/mol. The SMILES string of the molecule is CCCCCCCCn1c(SCC(=O)Nc2cccc(S(=O)(=O)NC3=NCCCCC3)c2)nc2sc3c(c2c1=O)CCCC3. The molecule has 2 N–H and O–H groups in total. The van der Waals surface area contributed by atoms with Gasteiger partial charge in [-0.05, 0) is 68.7 Å². The normalized spacial score (nSPS) is 15.4. The highest BCUT2D eigenvalue weighted by atomic mass is 32.2. The van der Waals surface area contributed by atoms with E-state index in [1.807, 2.05) is 0 Å². The van der Waals surface area contributed by atoms with Gasteiger partial charge in [0.25, 0.3) is 15.6 Å². The van der Waals surface area contributed by atoms with Crippen LogP contribution in [0.3, 0.4) is 0 Å². The second kappa shape index (κ2) is 15.5.